The van der Waals surface area contributed by atoms with Gasteiger partial charge in [0.25, 0.3) is 5.91 Å². The molecule has 98 valence electrons. The van der Waals surface area contributed by atoms with E-state index in [1.54, 1.807) is 18.2 Å². The van der Waals surface area contributed by atoms with E-state index < -0.39 is 0 Å². The van der Waals surface area contributed by atoms with E-state index >= 15 is 0 Å². The van der Waals surface area contributed by atoms with Crippen LogP contribution in [0.3, 0.4) is 0 Å². The molecule has 1 aromatic carbocycles. The first-order chi connectivity index (χ1) is 8.61. The van der Waals surface area contributed by atoms with E-state index in [1.165, 1.54) is 6.42 Å². The van der Waals surface area contributed by atoms with Gasteiger partial charge in [-0.25, -0.2) is 0 Å². The molecule has 0 heterocycles. The number of amides is 1. The average molecular weight is 351 g/mol. The third-order valence-corrected chi connectivity index (χ3v) is 4.00. The third-order valence-electron chi connectivity index (χ3n) is 3.21. The van der Waals surface area contributed by atoms with Gasteiger partial charge in [-0.15, -0.1) is 0 Å². The van der Waals surface area contributed by atoms with Gasteiger partial charge in [0, 0.05) is 33.5 Å². The highest BCUT2D eigenvalue weighted by atomic mass is 79.9. The lowest BCUT2D eigenvalue weighted by molar-refractivity contribution is 0.0599. The van der Waals surface area contributed by atoms with Gasteiger partial charge in [0.15, 0.2) is 0 Å². The normalized spacial score (nSPS) is 15.3. The first-order valence-electron chi connectivity index (χ1n) is 5.95. The van der Waals surface area contributed by atoms with Gasteiger partial charge in [0.2, 0.25) is 0 Å². The Morgan fingerprint density at radius 3 is 2.33 bits per heavy atom. The smallest absolute Gasteiger partial charge is 0.254 e. The summed E-state index contributed by atoms with van der Waals surface area (Å²) in [6.45, 7) is 0.716. The second-order valence-corrected chi connectivity index (χ2v) is 6.10. The van der Waals surface area contributed by atoms with Gasteiger partial charge in [-0.2, -0.15) is 0 Å². The van der Waals surface area contributed by atoms with E-state index in [1.807, 2.05) is 4.90 Å². The van der Waals surface area contributed by atoms with Gasteiger partial charge in [-0.05, 0) is 37.5 Å². The molecule has 1 aromatic rings. The number of benzene rings is 1. The van der Waals surface area contributed by atoms with Crippen molar-refractivity contribution in [3.05, 3.63) is 33.8 Å². The Hall–Kier alpha value is -0.250. The van der Waals surface area contributed by atoms with Crippen molar-refractivity contribution in [2.75, 3.05) is 11.9 Å². The highest BCUT2D eigenvalue weighted by Crippen LogP contribution is 2.27. The Morgan fingerprint density at radius 1 is 1.28 bits per heavy atom. The Bertz CT molecular complexity index is 428. The minimum absolute atomic E-state index is 0.0172. The van der Waals surface area contributed by atoms with Crippen LogP contribution in [-0.2, 0) is 0 Å². The van der Waals surface area contributed by atoms with E-state index in [-0.39, 0.29) is 5.91 Å². The summed E-state index contributed by atoms with van der Waals surface area (Å²) >= 11 is 15.3. The molecule has 0 spiro atoms. The molecule has 1 aliphatic rings. The second-order valence-electron chi connectivity index (χ2n) is 4.43. The SMILES string of the molecule is O=C(c1cc(Cl)cc(Cl)c1)N(CCBr)C1CCC1. The Labute approximate surface area is 125 Å². The molecular weight excluding hydrogens is 337 g/mol. The molecule has 2 rings (SSSR count). The Morgan fingerprint density at radius 2 is 1.89 bits per heavy atom. The summed E-state index contributed by atoms with van der Waals surface area (Å²) in [6, 6.07) is 5.36. The number of hydrogen-bond acceptors (Lipinski definition) is 1. The molecule has 0 aromatic heterocycles. The monoisotopic (exact) mass is 349 g/mol. The van der Waals surface area contributed by atoms with E-state index in [0.29, 0.717) is 28.2 Å². The standard InChI is InChI=1S/C13H14BrCl2NO/c14-4-5-17(12-2-1-3-12)13(18)9-6-10(15)8-11(16)7-9/h6-8,12H,1-5H2. The summed E-state index contributed by atoms with van der Waals surface area (Å²) in [4.78, 5) is 14.4. The van der Waals surface area contributed by atoms with Crippen LogP contribution in [0, 0.1) is 0 Å². The van der Waals surface area contributed by atoms with Crippen LogP contribution in [0.4, 0.5) is 0 Å². The number of carbonyl (C=O) groups is 1. The van der Waals surface area contributed by atoms with Crippen LogP contribution in [0.1, 0.15) is 29.6 Å². The molecule has 0 unspecified atom stereocenters. The summed E-state index contributed by atoms with van der Waals surface area (Å²) in [5.74, 6) is 0.0172. The van der Waals surface area contributed by atoms with Crippen LogP contribution in [0.2, 0.25) is 10.0 Å². The maximum absolute atomic E-state index is 12.5. The van der Waals surface area contributed by atoms with Crippen molar-refractivity contribution in [2.45, 2.75) is 25.3 Å². The van der Waals surface area contributed by atoms with Gasteiger partial charge in [-0.3, -0.25) is 4.79 Å². The number of nitrogens with zero attached hydrogens (tertiary/aromatic N) is 1. The summed E-state index contributed by atoms with van der Waals surface area (Å²) in [6.07, 6.45) is 3.38. The first kappa shape index (κ1) is 14.2. The number of carbonyl (C=O) groups excluding carboxylic acids is 1. The maximum atomic E-state index is 12.5. The maximum Gasteiger partial charge on any atom is 0.254 e. The summed E-state index contributed by atoms with van der Waals surface area (Å²) in [7, 11) is 0. The topological polar surface area (TPSA) is 20.3 Å². The largest absolute Gasteiger partial charge is 0.335 e. The van der Waals surface area contributed by atoms with Crippen molar-refractivity contribution in [1.29, 1.82) is 0 Å². The average Bonchev–Trinajstić information content (AvgIpc) is 2.23. The molecule has 0 N–H and O–H groups in total. The van der Waals surface area contributed by atoms with Crippen molar-refractivity contribution < 1.29 is 4.79 Å². The van der Waals surface area contributed by atoms with Gasteiger partial charge in [-0.1, -0.05) is 39.1 Å². The summed E-state index contributed by atoms with van der Waals surface area (Å²) < 4.78 is 0. The molecule has 0 saturated heterocycles. The molecule has 0 radical (unpaired) electrons. The molecule has 5 heteroatoms. The van der Waals surface area contributed by atoms with E-state index in [0.717, 1.165) is 18.2 Å². The van der Waals surface area contributed by atoms with Crippen LogP contribution in [0.25, 0.3) is 0 Å². The highest BCUT2D eigenvalue weighted by molar-refractivity contribution is 9.09. The van der Waals surface area contributed by atoms with Crippen molar-refractivity contribution in [2.24, 2.45) is 0 Å². The number of alkyl halides is 1. The lowest BCUT2D eigenvalue weighted by Crippen LogP contribution is -2.45. The zero-order chi connectivity index (χ0) is 13.1. The fourth-order valence-electron chi connectivity index (χ4n) is 2.08. The van der Waals surface area contributed by atoms with Crippen LogP contribution in [0.5, 0.6) is 0 Å². The number of halogens is 3. The van der Waals surface area contributed by atoms with Crippen molar-refractivity contribution in [1.82, 2.24) is 4.90 Å². The predicted molar refractivity (Wildman–Crippen MR) is 78.9 cm³/mol. The number of rotatable bonds is 4. The van der Waals surface area contributed by atoms with Gasteiger partial charge in [0.05, 0.1) is 0 Å². The quantitative estimate of drug-likeness (QED) is 0.738. The fraction of sp³-hybridized carbons (Fsp3) is 0.462. The zero-order valence-electron chi connectivity index (χ0n) is 9.83. The third kappa shape index (κ3) is 3.19. The second kappa shape index (κ2) is 6.27. The van der Waals surface area contributed by atoms with Crippen LogP contribution < -0.4 is 0 Å². The lowest BCUT2D eigenvalue weighted by Gasteiger charge is -2.37. The zero-order valence-corrected chi connectivity index (χ0v) is 12.9. The molecule has 0 aliphatic heterocycles. The van der Waals surface area contributed by atoms with Crippen molar-refractivity contribution >= 4 is 45.0 Å². The first-order valence-corrected chi connectivity index (χ1v) is 7.82. The van der Waals surface area contributed by atoms with Crippen LogP contribution in [0.15, 0.2) is 18.2 Å². The minimum atomic E-state index is 0.0172. The van der Waals surface area contributed by atoms with Crippen LogP contribution in [-0.4, -0.2) is 28.7 Å². The van der Waals surface area contributed by atoms with E-state index in [2.05, 4.69) is 15.9 Å². The van der Waals surface area contributed by atoms with Gasteiger partial charge in [0.1, 0.15) is 0 Å². The highest BCUT2D eigenvalue weighted by Gasteiger charge is 2.29. The summed E-state index contributed by atoms with van der Waals surface area (Å²) in [5.41, 5.74) is 0.570. The molecule has 1 amide bonds. The summed E-state index contributed by atoms with van der Waals surface area (Å²) in [5, 5.41) is 1.78. The van der Waals surface area contributed by atoms with E-state index in [9.17, 15) is 4.79 Å². The fourth-order valence-corrected chi connectivity index (χ4v) is 2.99. The minimum Gasteiger partial charge on any atom is -0.335 e. The van der Waals surface area contributed by atoms with Crippen molar-refractivity contribution in [3.63, 3.8) is 0 Å². The predicted octanol–water partition coefficient (Wildman–Crippen LogP) is 4.38. The molecule has 1 fully saturated rings. The van der Waals surface area contributed by atoms with Crippen molar-refractivity contribution in [3.8, 4) is 0 Å². The molecular formula is C13H14BrCl2NO. The molecule has 0 atom stereocenters. The number of hydrogen-bond donors (Lipinski definition) is 0. The van der Waals surface area contributed by atoms with Crippen LogP contribution >= 0.6 is 39.1 Å². The van der Waals surface area contributed by atoms with E-state index in [4.69, 9.17) is 23.2 Å². The molecule has 1 aliphatic carbocycles. The Kier molecular flexibility index (Phi) is 4.93. The van der Waals surface area contributed by atoms with Gasteiger partial charge < -0.3 is 4.90 Å². The molecule has 0 bridgehead atoms. The Balaban J connectivity index is 2.21. The van der Waals surface area contributed by atoms with Gasteiger partial charge >= 0.3 is 0 Å². The molecule has 18 heavy (non-hydrogen) atoms. The molecule has 2 nitrogen and oxygen atoms in total. The molecule has 1 saturated carbocycles. The lowest BCUT2D eigenvalue weighted by atomic mass is 9.91.